The highest BCUT2D eigenvalue weighted by Gasteiger charge is 2.49. The Morgan fingerprint density at radius 2 is 2.16 bits per heavy atom. The van der Waals surface area contributed by atoms with Gasteiger partial charge in [-0.3, -0.25) is 14.5 Å². The second-order valence-electron chi connectivity index (χ2n) is 4.35. The number of urea groups is 1. The smallest absolute Gasteiger partial charge is 0.325 e. The van der Waals surface area contributed by atoms with Crippen LogP contribution in [0.4, 0.5) is 4.79 Å². The third-order valence-corrected chi connectivity index (χ3v) is 3.46. The fraction of sp³-hybridized carbons (Fsp3) is 0.250. The largest absolute Gasteiger partial charge is 0.480 e. The van der Waals surface area contributed by atoms with Gasteiger partial charge in [0, 0.05) is 4.47 Å². The summed E-state index contributed by atoms with van der Waals surface area (Å²) in [7, 11) is 0. The molecule has 1 aromatic carbocycles. The molecule has 1 saturated heterocycles. The Hall–Kier alpha value is -1.89. The first-order chi connectivity index (χ1) is 8.84. The van der Waals surface area contributed by atoms with Gasteiger partial charge in [0.15, 0.2) is 0 Å². The number of carbonyl (C=O) groups is 3. The molecule has 0 aromatic heterocycles. The molecule has 2 rings (SSSR count). The molecule has 3 amide bonds. The van der Waals surface area contributed by atoms with E-state index < -0.39 is 30.0 Å². The van der Waals surface area contributed by atoms with Crippen molar-refractivity contribution in [3.05, 3.63) is 34.3 Å². The number of nitrogens with one attached hydrogen (secondary N) is 1. The van der Waals surface area contributed by atoms with E-state index in [4.69, 9.17) is 5.11 Å². The average molecular weight is 327 g/mol. The quantitative estimate of drug-likeness (QED) is 0.820. The van der Waals surface area contributed by atoms with Crippen molar-refractivity contribution in [1.29, 1.82) is 0 Å². The molecule has 0 radical (unpaired) electrons. The van der Waals surface area contributed by atoms with Gasteiger partial charge in [-0.15, -0.1) is 0 Å². The van der Waals surface area contributed by atoms with Crippen molar-refractivity contribution in [2.24, 2.45) is 0 Å². The molecule has 2 N–H and O–H groups in total. The van der Waals surface area contributed by atoms with E-state index in [1.54, 1.807) is 31.2 Å². The first-order valence-electron chi connectivity index (χ1n) is 5.46. The van der Waals surface area contributed by atoms with Crippen LogP contribution in [0, 0.1) is 0 Å². The van der Waals surface area contributed by atoms with Crippen LogP contribution >= 0.6 is 15.9 Å². The Kier molecular flexibility index (Phi) is 3.32. The van der Waals surface area contributed by atoms with Crippen LogP contribution in [-0.2, 0) is 15.1 Å². The van der Waals surface area contributed by atoms with E-state index in [2.05, 4.69) is 21.2 Å². The van der Waals surface area contributed by atoms with E-state index in [0.29, 0.717) is 10.5 Å². The van der Waals surface area contributed by atoms with Gasteiger partial charge >= 0.3 is 12.0 Å². The van der Waals surface area contributed by atoms with E-state index in [0.717, 1.165) is 4.47 Å². The second kappa shape index (κ2) is 4.65. The Morgan fingerprint density at radius 3 is 2.74 bits per heavy atom. The summed E-state index contributed by atoms with van der Waals surface area (Å²) >= 11 is 3.29. The standard InChI is InChI=1S/C12H11BrN2O4/c1-12(7-3-2-4-8(13)5-7)10(18)15(6-9(16)17)11(19)14-12/h2-5H,6H2,1H3,(H,14,19)(H,16,17)/t12-/m0/s1. The first-order valence-corrected chi connectivity index (χ1v) is 6.26. The first kappa shape index (κ1) is 13.5. The number of aliphatic carboxylic acids is 1. The number of carboxylic acid groups (broad SMARTS) is 1. The summed E-state index contributed by atoms with van der Waals surface area (Å²) in [5, 5.41) is 11.2. The van der Waals surface area contributed by atoms with Crippen molar-refractivity contribution < 1.29 is 19.5 Å². The van der Waals surface area contributed by atoms with E-state index in [-0.39, 0.29) is 0 Å². The van der Waals surface area contributed by atoms with Gasteiger partial charge in [0.2, 0.25) is 0 Å². The molecular formula is C12H11BrN2O4. The zero-order valence-electron chi connectivity index (χ0n) is 10.0. The van der Waals surface area contributed by atoms with E-state index >= 15 is 0 Å². The topological polar surface area (TPSA) is 86.7 Å². The van der Waals surface area contributed by atoms with Crippen molar-refractivity contribution in [2.75, 3.05) is 6.54 Å². The predicted octanol–water partition coefficient (Wildman–Crippen LogP) is 1.30. The van der Waals surface area contributed by atoms with Crippen LogP contribution < -0.4 is 5.32 Å². The molecule has 1 aromatic rings. The van der Waals surface area contributed by atoms with Gasteiger partial charge in [-0.2, -0.15) is 0 Å². The monoisotopic (exact) mass is 326 g/mol. The molecule has 0 saturated carbocycles. The van der Waals surface area contributed by atoms with Crippen LogP contribution in [0.3, 0.4) is 0 Å². The summed E-state index contributed by atoms with van der Waals surface area (Å²) in [5.74, 6) is -1.81. The highest BCUT2D eigenvalue weighted by Crippen LogP contribution is 2.30. The average Bonchev–Trinajstić information content (AvgIpc) is 2.54. The van der Waals surface area contributed by atoms with Crippen molar-refractivity contribution >= 4 is 33.8 Å². The molecule has 6 nitrogen and oxygen atoms in total. The minimum atomic E-state index is -1.24. The number of rotatable bonds is 3. The molecule has 1 atom stereocenters. The Labute approximate surface area is 117 Å². The zero-order valence-corrected chi connectivity index (χ0v) is 11.6. The number of hydrogen-bond donors (Lipinski definition) is 2. The lowest BCUT2D eigenvalue weighted by molar-refractivity contribution is -0.142. The van der Waals surface area contributed by atoms with Gasteiger partial charge in [0.05, 0.1) is 0 Å². The van der Waals surface area contributed by atoms with Gasteiger partial charge in [-0.25, -0.2) is 4.79 Å². The lowest BCUT2D eigenvalue weighted by Gasteiger charge is -2.22. The molecule has 1 aliphatic heterocycles. The molecule has 0 aliphatic carbocycles. The molecule has 1 heterocycles. The summed E-state index contributed by atoms with van der Waals surface area (Å²) < 4.78 is 0.768. The number of hydrogen-bond acceptors (Lipinski definition) is 3. The van der Waals surface area contributed by atoms with Crippen LogP contribution in [0.2, 0.25) is 0 Å². The van der Waals surface area contributed by atoms with Crippen LogP contribution in [0.25, 0.3) is 0 Å². The van der Waals surface area contributed by atoms with Gasteiger partial charge in [-0.05, 0) is 24.6 Å². The van der Waals surface area contributed by atoms with Crippen molar-refractivity contribution in [3.63, 3.8) is 0 Å². The number of amides is 3. The number of imide groups is 1. The fourth-order valence-electron chi connectivity index (χ4n) is 1.97. The molecule has 1 aliphatic rings. The van der Waals surface area contributed by atoms with Gasteiger partial charge in [0.1, 0.15) is 12.1 Å². The normalized spacial score (nSPS) is 22.5. The molecule has 100 valence electrons. The summed E-state index contributed by atoms with van der Waals surface area (Å²) in [6.07, 6.45) is 0. The van der Waals surface area contributed by atoms with Gasteiger partial charge in [-0.1, -0.05) is 28.1 Å². The number of carbonyl (C=O) groups excluding carboxylic acids is 2. The summed E-state index contributed by atoms with van der Waals surface area (Å²) in [6.45, 7) is 0.908. The van der Waals surface area contributed by atoms with Crippen molar-refractivity contribution in [3.8, 4) is 0 Å². The van der Waals surface area contributed by atoms with E-state index in [1.807, 2.05) is 0 Å². The number of halogens is 1. The predicted molar refractivity (Wildman–Crippen MR) is 69.4 cm³/mol. The molecule has 0 spiro atoms. The zero-order chi connectivity index (χ0) is 14.2. The lowest BCUT2D eigenvalue weighted by Crippen LogP contribution is -2.41. The van der Waals surface area contributed by atoms with Gasteiger partial charge in [0.25, 0.3) is 5.91 Å². The van der Waals surface area contributed by atoms with Crippen LogP contribution in [0.15, 0.2) is 28.7 Å². The maximum atomic E-state index is 12.2. The number of carboxylic acids is 1. The lowest BCUT2D eigenvalue weighted by atomic mass is 9.92. The Morgan fingerprint density at radius 1 is 1.47 bits per heavy atom. The maximum Gasteiger partial charge on any atom is 0.325 e. The van der Waals surface area contributed by atoms with E-state index in [9.17, 15) is 14.4 Å². The summed E-state index contributed by atoms with van der Waals surface area (Å²) in [5.41, 5.74) is -0.649. The highest BCUT2D eigenvalue weighted by molar-refractivity contribution is 9.10. The summed E-state index contributed by atoms with van der Waals surface area (Å²) in [6, 6.07) is 6.25. The third-order valence-electron chi connectivity index (χ3n) is 2.97. The van der Waals surface area contributed by atoms with Crippen molar-refractivity contribution in [1.82, 2.24) is 10.2 Å². The van der Waals surface area contributed by atoms with Crippen LogP contribution in [0.5, 0.6) is 0 Å². The maximum absolute atomic E-state index is 12.2. The molecule has 19 heavy (non-hydrogen) atoms. The number of benzene rings is 1. The molecular weight excluding hydrogens is 316 g/mol. The van der Waals surface area contributed by atoms with Crippen LogP contribution in [0.1, 0.15) is 12.5 Å². The SMILES string of the molecule is C[C@@]1(c2cccc(Br)c2)NC(=O)N(CC(=O)O)C1=O. The molecule has 7 heteroatoms. The minimum absolute atomic E-state index is 0.571. The molecule has 0 unspecified atom stereocenters. The highest BCUT2D eigenvalue weighted by atomic mass is 79.9. The second-order valence-corrected chi connectivity index (χ2v) is 5.27. The van der Waals surface area contributed by atoms with Crippen molar-refractivity contribution in [2.45, 2.75) is 12.5 Å². The number of nitrogens with zero attached hydrogens (tertiary/aromatic N) is 1. The molecule has 1 fully saturated rings. The minimum Gasteiger partial charge on any atom is -0.480 e. The van der Waals surface area contributed by atoms with Gasteiger partial charge < -0.3 is 10.4 Å². The fourth-order valence-corrected chi connectivity index (χ4v) is 2.37. The summed E-state index contributed by atoms with van der Waals surface area (Å²) in [4.78, 5) is 35.3. The Bertz CT molecular complexity index is 575. The molecule has 0 bridgehead atoms. The third kappa shape index (κ3) is 2.33. The van der Waals surface area contributed by atoms with E-state index in [1.165, 1.54) is 0 Å². The van der Waals surface area contributed by atoms with Crippen LogP contribution in [-0.4, -0.2) is 34.5 Å². The Balaban J connectivity index is 2.38.